The first-order valence-electron chi connectivity index (χ1n) is 8.82. The zero-order valence-electron chi connectivity index (χ0n) is 15.1. The van der Waals surface area contributed by atoms with Gasteiger partial charge < -0.3 is 10.6 Å². The van der Waals surface area contributed by atoms with E-state index in [1.165, 1.54) is 4.31 Å². The van der Waals surface area contributed by atoms with Gasteiger partial charge in [0.1, 0.15) is 0 Å². The minimum Gasteiger partial charge on any atom is -0.338 e. The zero-order valence-corrected chi connectivity index (χ0v) is 15.9. The predicted octanol–water partition coefficient (Wildman–Crippen LogP) is 1.09. The third-order valence-corrected chi connectivity index (χ3v) is 6.22. The van der Waals surface area contributed by atoms with Crippen LogP contribution in [0.5, 0.6) is 0 Å². The van der Waals surface area contributed by atoms with Crippen LogP contribution >= 0.6 is 0 Å². The van der Waals surface area contributed by atoms with Gasteiger partial charge in [0.05, 0.1) is 16.3 Å². The highest BCUT2D eigenvalue weighted by Crippen LogP contribution is 2.20. The molecule has 9 heteroatoms. The molecule has 1 aliphatic heterocycles. The minimum absolute atomic E-state index is 0.206. The Bertz CT molecular complexity index is 889. The second-order valence-electron chi connectivity index (χ2n) is 6.46. The molecule has 1 aromatic heterocycles. The van der Waals surface area contributed by atoms with Crippen molar-refractivity contribution in [1.82, 2.24) is 24.9 Å². The van der Waals surface area contributed by atoms with Crippen molar-refractivity contribution in [3.8, 4) is 0 Å². The number of benzene rings is 1. The van der Waals surface area contributed by atoms with Crippen LogP contribution in [0, 0.1) is 6.92 Å². The number of amides is 2. The molecule has 1 aromatic carbocycles. The van der Waals surface area contributed by atoms with Crippen LogP contribution in [0.15, 0.2) is 47.6 Å². The molecule has 0 bridgehead atoms. The summed E-state index contributed by atoms with van der Waals surface area (Å²) in [6.07, 6.45) is 4.53. The maximum Gasteiger partial charge on any atom is 0.315 e. The van der Waals surface area contributed by atoms with E-state index in [1.54, 1.807) is 42.7 Å². The monoisotopic (exact) mass is 389 g/mol. The van der Waals surface area contributed by atoms with E-state index in [0.717, 1.165) is 11.4 Å². The lowest BCUT2D eigenvalue weighted by molar-refractivity contribution is 0.237. The van der Waals surface area contributed by atoms with E-state index in [2.05, 4.69) is 20.6 Å². The van der Waals surface area contributed by atoms with Gasteiger partial charge in [0, 0.05) is 44.5 Å². The zero-order chi connectivity index (χ0) is 19.3. The molecule has 1 saturated heterocycles. The SMILES string of the molecule is Cc1cncc(CCNC(=O)N[C@H]2CCN(S(=O)(=O)c3ccccc3)C2)n1. The summed E-state index contributed by atoms with van der Waals surface area (Å²) in [6.45, 7) is 2.96. The van der Waals surface area contributed by atoms with Crippen molar-refractivity contribution in [3.63, 3.8) is 0 Å². The van der Waals surface area contributed by atoms with Crippen LogP contribution in [0.1, 0.15) is 17.8 Å². The van der Waals surface area contributed by atoms with Crippen LogP contribution in [-0.4, -0.2) is 54.4 Å². The number of carbonyl (C=O) groups is 1. The summed E-state index contributed by atoms with van der Waals surface area (Å²) in [5.74, 6) is 0. The van der Waals surface area contributed by atoms with Gasteiger partial charge in [0.2, 0.25) is 10.0 Å². The summed E-state index contributed by atoms with van der Waals surface area (Å²) in [7, 11) is -3.52. The lowest BCUT2D eigenvalue weighted by Crippen LogP contribution is -2.44. The lowest BCUT2D eigenvalue weighted by Gasteiger charge is -2.17. The number of nitrogens with one attached hydrogen (secondary N) is 2. The molecule has 2 N–H and O–H groups in total. The Morgan fingerprint density at radius 1 is 1.26 bits per heavy atom. The number of hydrogen-bond acceptors (Lipinski definition) is 5. The molecule has 1 fully saturated rings. The van der Waals surface area contributed by atoms with Crippen molar-refractivity contribution in [2.24, 2.45) is 0 Å². The highest BCUT2D eigenvalue weighted by molar-refractivity contribution is 7.89. The van der Waals surface area contributed by atoms with Crippen molar-refractivity contribution in [1.29, 1.82) is 0 Å². The molecular formula is C18H23N5O3S. The molecule has 0 unspecified atom stereocenters. The van der Waals surface area contributed by atoms with Gasteiger partial charge in [-0.2, -0.15) is 4.31 Å². The molecule has 0 radical (unpaired) electrons. The van der Waals surface area contributed by atoms with Crippen molar-refractivity contribution in [3.05, 3.63) is 54.1 Å². The topological polar surface area (TPSA) is 104 Å². The Kier molecular flexibility index (Phi) is 6.02. The first-order chi connectivity index (χ1) is 12.9. The number of urea groups is 1. The second kappa shape index (κ2) is 8.45. The van der Waals surface area contributed by atoms with E-state index >= 15 is 0 Å². The Hall–Kier alpha value is -2.52. The number of aryl methyl sites for hydroxylation is 1. The molecule has 3 rings (SSSR count). The van der Waals surface area contributed by atoms with Gasteiger partial charge in [-0.05, 0) is 25.5 Å². The Morgan fingerprint density at radius 2 is 2.04 bits per heavy atom. The molecule has 1 atom stereocenters. The standard InChI is InChI=1S/C18H23N5O3S/c1-14-11-19-12-15(21-14)7-9-20-18(24)22-16-8-10-23(13-16)27(25,26)17-5-3-2-4-6-17/h2-6,11-12,16H,7-10,13H2,1H3,(H2,20,22,24)/t16-/m0/s1. The van der Waals surface area contributed by atoms with E-state index < -0.39 is 10.0 Å². The second-order valence-corrected chi connectivity index (χ2v) is 8.40. The fourth-order valence-corrected chi connectivity index (χ4v) is 4.50. The van der Waals surface area contributed by atoms with Gasteiger partial charge in [0.25, 0.3) is 0 Å². The van der Waals surface area contributed by atoms with Crippen LogP contribution in [-0.2, 0) is 16.4 Å². The van der Waals surface area contributed by atoms with Crippen molar-refractivity contribution >= 4 is 16.1 Å². The van der Waals surface area contributed by atoms with Crippen LogP contribution < -0.4 is 10.6 Å². The summed E-state index contributed by atoms with van der Waals surface area (Å²) in [6, 6.07) is 7.82. The van der Waals surface area contributed by atoms with Crippen LogP contribution in [0.2, 0.25) is 0 Å². The van der Waals surface area contributed by atoms with Gasteiger partial charge in [-0.1, -0.05) is 18.2 Å². The largest absolute Gasteiger partial charge is 0.338 e. The Balaban J connectivity index is 1.46. The van der Waals surface area contributed by atoms with Gasteiger partial charge in [-0.25, -0.2) is 13.2 Å². The first-order valence-corrected chi connectivity index (χ1v) is 10.3. The third kappa shape index (κ3) is 5.01. The van der Waals surface area contributed by atoms with E-state index in [9.17, 15) is 13.2 Å². The highest BCUT2D eigenvalue weighted by atomic mass is 32.2. The van der Waals surface area contributed by atoms with Gasteiger partial charge in [0.15, 0.2) is 0 Å². The number of nitrogens with zero attached hydrogens (tertiary/aromatic N) is 3. The van der Waals surface area contributed by atoms with E-state index in [4.69, 9.17) is 0 Å². The summed E-state index contributed by atoms with van der Waals surface area (Å²) in [4.78, 5) is 20.7. The lowest BCUT2D eigenvalue weighted by atomic mass is 10.3. The van der Waals surface area contributed by atoms with Gasteiger partial charge >= 0.3 is 6.03 Å². The first kappa shape index (κ1) is 19.2. The quantitative estimate of drug-likeness (QED) is 0.770. The van der Waals surface area contributed by atoms with E-state index in [-0.39, 0.29) is 23.5 Å². The number of sulfonamides is 1. The summed E-state index contributed by atoms with van der Waals surface area (Å²) < 4.78 is 26.6. The van der Waals surface area contributed by atoms with Crippen LogP contribution in [0.4, 0.5) is 4.79 Å². The van der Waals surface area contributed by atoms with E-state index in [1.807, 2.05) is 6.92 Å². The summed E-state index contributed by atoms with van der Waals surface area (Å²) in [5.41, 5.74) is 1.65. The molecular weight excluding hydrogens is 366 g/mol. The number of aromatic nitrogens is 2. The predicted molar refractivity (Wildman–Crippen MR) is 101 cm³/mol. The van der Waals surface area contributed by atoms with Crippen LogP contribution in [0.25, 0.3) is 0 Å². The van der Waals surface area contributed by atoms with Crippen molar-refractivity contribution in [2.75, 3.05) is 19.6 Å². The normalized spacial score (nSPS) is 17.6. The number of rotatable bonds is 6. The fourth-order valence-electron chi connectivity index (χ4n) is 2.98. The summed E-state index contributed by atoms with van der Waals surface area (Å²) in [5, 5.41) is 5.61. The average molecular weight is 389 g/mol. The molecule has 0 spiro atoms. The highest BCUT2D eigenvalue weighted by Gasteiger charge is 2.33. The molecule has 1 aliphatic rings. The Morgan fingerprint density at radius 3 is 2.78 bits per heavy atom. The van der Waals surface area contributed by atoms with Crippen molar-refractivity contribution in [2.45, 2.75) is 30.7 Å². The molecule has 8 nitrogen and oxygen atoms in total. The molecule has 2 amide bonds. The number of hydrogen-bond donors (Lipinski definition) is 2. The maximum atomic E-state index is 12.6. The number of carbonyl (C=O) groups excluding carboxylic acids is 1. The average Bonchev–Trinajstić information content (AvgIpc) is 3.12. The summed E-state index contributed by atoms with van der Waals surface area (Å²) >= 11 is 0. The molecule has 0 aliphatic carbocycles. The molecule has 0 saturated carbocycles. The smallest absolute Gasteiger partial charge is 0.315 e. The molecule has 27 heavy (non-hydrogen) atoms. The maximum absolute atomic E-state index is 12.6. The van der Waals surface area contributed by atoms with E-state index in [0.29, 0.717) is 25.9 Å². The van der Waals surface area contributed by atoms with Gasteiger partial charge in [-0.3, -0.25) is 9.97 Å². The fraction of sp³-hybridized carbons (Fsp3) is 0.389. The molecule has 2 aromatic rings. The Labute approximate surface area is 159 Å². The third-order valence-electron chi connectivity index (χ3n) is 4.34. The van der Waals surface area contributed by atoms with Crippen molar-refractivity contribution < 1.29 is 13.2 Å². The molecule has 2 heterocycles. The van der Waals surface area contributed by atoms with Gasteiger partial charge in [-0.15, -0.1) is 0 Å². The van der Waals surface area contributed by atoms with Crippen LogP contribution in [0.3, 0.4) is 0 Å². The molecule has 144 valence electrons. The minimum atomic E-state index is -3.52.